The molecule has 15 aromatic rings. The van der Waals surface area contributed by atoms with Gasteiger partial charge in [0.05, 0.1) is 22.1 Å². The molecular weight excluding hydrogens is 833 g/mol. The van der Waals surface area contributed by atoms with Crippen molar-refractivity contribution >= 4 is 119 Å². The Labute approximate surface area is 389 Å². The van der Waals surface area contributed by atoms with Gasteiger partial charge in [0, 0.05) is 111 Å². The predicted molar refractivity (Wildman–Crippen MR) is 287 cm³/mol. The summed E-state index contributed by atoms with van der Waals surface area (Å²) in [5.74, 6) is 0. The monoisotopic (exact) mass is 872 g/mol. The van der Waals surface area contributed by atoms with Gasteiger partial charge in [-0.25, -0.2) is 0 Å². The molecule has 0 amide bonds. The van der Waals surface area contributed by atoms with Gasteiger partial charge in [-0.2, -0.15) is 0 Å². The summed E-state index contributed by atoms with van der Waals surface area (Å²) >= 11 is 1.87. The number of aryl methyl sites for hydroxylation is 2. The zero-order chi connectivity index (χ0) is 44.1. The van der Waals surface area contributed by atoms with Gasteiger partial charge < -0.3 is 18.3 Å². The first-order chi connectivity index (χ1) is 33.0. The van der Waals surface area contributed by atoms with Crippen molar-refractivity contribution < 1.29 is 0 Å². The van der Waals surface area contributed by atoms with Crippen LogP contribution in [0.1, 0.15) is 0 Å². The van der Waals surface area contributed by atoms with Crippen molar-refractivity contribution in [2.75, 3.05) is 0 Å². The van der Waals surface area contributed by atoms with Crippen LogP contribution < -0.4 is 0 Å². The Balaban J connectivity index is 0.859. The number of aromatic nitrogens is 4. The fourth-order valence-electron chi connectivity index (χ4n) is 11.6. The van der Waals surface area contributed by atoms with Gasteiger partial charge >= 0.3 is 0 Å². The summed E-state index contributed by atoms with van der Waals surface area (Å²) in [6.07, 6.45) is 0. The van der Waals surface area contributed by atoms with Gasteiger partial charge in [0.25, 0.3) is 0 Å². The molecule has 5 heterocycles. The molecule has 0 bridgehead atoms. The van der Waals surface area contributed by atoms with Crippen LogP contribution in [0.4, 0.5) is 0 Å². The highest BCUT2D eigenvalue weighted by molar-refractivity contribution is 7.25. The molecule has 0 unspecified atom stereocenters. The van der Waals surface area contributed by atoms with Gasteiger partial charge in [-0.3, -0.25) is 0 Å². The van der Waals surface area contributed by atoms with Crippen LogP contribution in [0.2, 0.25) is 0 Å². The van der Waals surface area contributed by atoms with Gasteiger partial charge in [0.1, 0.15) is 0 Å². The lowest BCUT2D eigenvalue weighted by Crippen LogP contribution is -1.94. The van der Waals surface area contributed by atoms with E-state index in [2.05, 4.69) is 239 Å². The number of hydrogen-bond acceptors (Lipinski definition) is 1. The molecule has 0 fully saturated rings. The molecule has 5 aromatic heterocycles. The van der Waals surface area contributed by atoms with E-state index in [1.807, 2.05) is 11.3 Å². The first-order valence-electron chi connectivity index (χ1n) is 23.0. The summed E-state index contributed by atoms with van der Waals surface area (Å²) in [6, 6.07) is 77.1. The molecule has 10 aromatic carbocycles. The molecule has 0 N–H and O–H groups in total. The van der Waals surface area contributed by atoms with Crippen molar-refractivity contribution in [2.24, 2.45) is 14.1 Å². The number of rotatable bonds is 4. The number of benzene rings is 10. The molecule has 0 aliphatic heterocycles. The molecule has 0 saturated carbocycles. The fourth-order valence-corrected chi connectivity index (χ4v) is 12.7. The molecular formula is C62H40N4S. The Kier molecular flexibility index (Phi) is 7.48. The van der Waals surface area contributed by atoms with Crippen molar-refractivity contribution in [3.63, 3.8) is 0 Å². The van der Waals surface area contributed by atoms with Crippen molar-refractivity contribution in [3.05, 3.63) is 206 Å². The van der Waals surface area contributed by atoms with Gasteiger partial charge in [-0.05, 0) is 131 Å². The van der Waals surface area contributed by atoms with Crippen molar-refractivity contribution in [1.82, 2.24) is 18.3 Å². The number of para-hydroxylation sites is 3. The lowest BCUT2D eigenvalue weighted by molar-refractivity contribution is 1.01. The average Bonchev–Trinajstić information content (AvgIpc) is 4.16. The second-order valence-electron chi connectivity index (χ2n) is 18.2. The van der Waals surface area contributed by atoms with E-state index in [0.29, 0.717) is 0 Å². The minimum Gasteiger partial charge on any atom is -0.344 e. The van der Waals surface area contributed by atoms with Crippen LogP contribution in [0.3, 0.4) is 0 Å². The Hall–Kier alpha value is -8.38. The minimum absolute atomic E-state index is 1.16. The van der Waals surface area contributed by atoms with E-state index in [-0.39, 0.29) is 0 Å². The lowest BCUT2D eigenvalue weighted by atomic mass is 10.0. The smallest absolute Gasteiger partial charge is 0.0541 e. The second-order valence-corrected chi connectivity index (χ2v) is 19.3. The van der Waals surface area contributed by atoms with Crippen molar-refractivity contribution in [3.8, 4) is 33.6 Å². The maximum atomic E-state index is 2.45. The predicted octanol–water partition coefficient (Wildman–Crippen LogP) is 16.9. The van der Waals surface area contributed by atoms with Gasteiger partial charge in [0.2, 0.25) is 0 Å². The van der Waals surface area contributed by atoms with E-state index in [4.69, 9.17) is 0 Å². The number of thiophene rings is 1. The Morgan fingerprint density at radius 1 is 0.254 bits per heavy atom. The molecule has 0 aliphatic rings. The van der Waals surface area contributed by atoms with Gasteiger partial charge in [-0.15, -0.1) is 11.3 Å². The SMILES string of the molecule is Cn1c2ccccc2c2cc(-n3c4ccccc4c4cc(-c5ccc6c(c5)c5ccccc5n6-c5ccc6c(c5)c5cc(-c7ccc8sc9ccccc9c8c7)ccc5n6C)ccc43)ccc21. The highest BCUT2D eigenvalue weighted by Gasteiger charge is 2.19. The van der Waals surface area contributed by atoms with E-state index in [1.54, 1.807) is 0 Å². The first kappa shape index (κ1) is 36.9. The van der Waals surface area contributed by atoms with Crippen molar-refractivity contribution in [2.45, 2.75) is 0 Å². The summed E-state index contributed by atoms with van der Waals surface area (Å²) in [5, 5.41) is 12.7. The lowest BCUT2D eigenvalue weighted by Gasteiger charge is -2.10. The Morgan fingerprint density at radius 3 is 1.13 bits per heavy atom. The molecule has 5 heteroatoms. The maximum absolute atomic E-state index is 2.45. The number of fused-ring (bicyclic) bond motifs is 15. The molecule has 15 rings (SSSR count). The van der Waals surface area contributed by atoms with E-state index < -0.39 is 0 Å². The second kappa shape index (κ2) is 13.6. The Morgan fingerprint density at radius 2 is 0.582 bits per heavy atom. The fraction of sp³-hybridized carbons (Fsp3) is 0.0323. The van der Waals surface area contributed by atoms with Crippen molar-refractivity contribution in [1.29, 1.82) is 0 Å². The summed E-state index contributed by atoms with van der Waals surface area (Å²) in [7, 11) is 4.35. The largest absolute Gasteiger partial charge is 0.344 e. The standard InChI is InChI=1S/C62H40N4S/c1-63-53-15-7-3-11-43(53)50-35-41(23-28-55(50)63)65-57-16-8-4-12-44(57)47-31-38(20-26-59(47)65)39-21-27-60-48(32-39)45-13-5-9-17-58(45)66(60)42-24-29-56-51(36-42)49-33-37(19-25-54(49)64(56)2)40-22-30-62-52(34-40)46-14-6-10-18-61(46)67-62/h3-36H,1-2H3. The summed E-state index contributed by atoms with van der Waals surface area (Å²) in [6.45, 7) is 0. The normalized spacial score (nSPS) is 12.3. The topological polar surface area (TPSA) is 19.7 Å². The maximum Gasteiger partial charge on any atom is 0.0541 e. The highest BCUT2D eigenvalue weighted by atomic mass is 32.1. The average molecular weight is 873 g/mol. The summed E-state index contributed by atoms with van der Waals surface area (Å²) in [4.78, 5) is 0. The van der Waals surface area contributed by atoms with Crippen LogP contribution in [0.15, 0.2) is 206 Å². The molecule has 0 atom stereocenters. The van der Waals surface area contributed by atoms with E-state index >= 15 is 0 Å². The third-order valence-corrected chi connectivity index (χ3v) is 15.9. The van der Waals surface area contributed by atoms with Gasteiger partial charge in [0.15, 0.2) is 0 Å². The molecule has 4 nitrogen and oxygen atoms in total. The van der Waals surface area contributed by atoms with E-state index in [1.165, 1.54) is 135 Å². The van der Waals surface area contributed by atoms with Crippen LogP contribution >= 0.6 is 11.3 Å². The molecule has 314 valence electrons. The zero-order valence-corrected chi connectivity index (χ0v) is 37.6. The summed E-state index contributed by atoms with van der Waals surface area (Å²) < 4.78 is 12.2. The van der Waals surface area contributed by atoms with Crippen LogP contribution in [-0.2, 0) is 14.1 Å². The third kappa shape index (κ3) is 5.17. The molecule has 0 saturated heterocycles. The highest BCUT2D eigenvalue weighted by Crippen LogP contribution is 2.42. The molecule has 0 radical (unpaired) electrons. The molecule has 0 aliphatic carbocycles. The molecule has 67 heavy (non-hydrogen) atoms. The Bertz CT molecular complexity index is 4600. The first-order valence-corrected chi connectivity index (χ1v) is 23.8. The quantitative estimate of drug-likeness (QED) is 0.168. The van der Waals surface area contributed by atoms with Crippen LogP contribution in [0.25, 0.3) is 141 Å². The number of nitrogens with zero attached hydrogens (tertiary/aromatic N) is 4. The minimum atomic E-state index is 1.16. The summed E-state index contributed by atoms with van der Waals surface area (Å²) in [5.41, 5.74) is 17.0. The van der Waals surface area contributed by atoms with E-state index in [9.17, 15) is 0 Å². The van der Waals surface area contributed by atoms with Gasteiger partial charge in [-0.1, -0.05) is 97.1 Å². The van der Waals surface area contributed by atoms with Crippen LogP contribution in [0.5, 0.6) is 0 Å². The zero-order valence-electron chi connectivity index (χ0n) is 36.8. The number of hydrogen-bond donors (Lipinski definition) is 0. The van der Waals surface area contributed by atoms with Crippen LogP contribution in [0, 0.1) is 0 Å². The van der Waals surface area contributed by atoms with E-state index in [0.717, 1.165) is 5.69 Å². The third-order valence-electron chi connectivity index (χ3n) is 14.8. The molecule has 0 spiro atoms. The van der Waals surface area contributed by atoms with Crippen LogP contribution in [-0.4, -0.2) is 18.3 Å².